The molecule has 1 aliphatic carbocycles. The number of carbonyl (C=O) groups excluding carboxylic acids is 2. The molecule has 1 spiro atoms. The van der Waals surface area contributed by atoms with Gasteiger partial charge in [0.15, 0.2) is 0 Å². The number of aliphatic imine (C=N–C) groups is 1. The van der Waals surface area contributed by atoms with E-state index in [2.05, 4.69) is 9.98 Å². The third kappa shape index (κ3) is 2.92. The van der Waals surface area contributed by atoms with Crippen LogP contribution in [-0.2, 0) is 16.1 Å². The third-order valence-corrected chi connectivity index (χ3v) is 5.23. The Kier molecular flexibility index (Phi) is 4.39. The Balaban J connectivity index is 1.60. The normalized spacial score (nSPS) is 26.6. The van der Waals surface area contributed by atoms with Gasteiger partial charge in [-0.2, -0.15) is 0 Å². The second-order valence-corrected chi connectivity index (χ2v) is 6.84. The van der Waals surface area contributed by atoms with Gasteiger partial charge in [0.1, 0.15) is 11.4 Å². The number of hydrogen-bond acceptors (Lipinski definition) is 4. The van der Waals surface area contributed by atoms with Crippen molar-refractivity contribution in [2.45, 2.75) is 44.7 Å². The van der Waals surface area contributed by atoms with Crippen molar-refractivity contribution in [1.29, 1.82) is 0 Å². The van der Waals surface area contributed by atoms with Crippen LogP contribution >= 0.6 is 0 Å². The van der Waals surface area contributed by atoms with Crippen molar-refractivity contribution in [3.8, 4) is 0 Å². The Hall–Kier alpha value is -2.24. The fourth-order valence-corrected chi connectivity index (χ4v) is 3.68. The highest BCUT2D eigenvalue weighted by Gasteiger charge is 2.48. The minimum atomic E-state index is -0.616. The highest BCUT2D eigenvalue weighted by Crippen LogP contribution is 2.39. The van der Waals surface area contributed by atoms with Gasteiger partial charge < -0.3 is 9.80 Å². The van der Waals surface area contributed by atoms with Crippen molar-refractivity contribution in [3.63, 3.8) is 0 Å². The first-order valence-corrected chi connectivity index (χ1v) is 8.42. The van der Waals surface area contributed by atoms with Gasteiger partial charge in [-0.05, 0) is 44.7 Å². The molecule has 0 saturated heterocycles. The van der Waals surface area contributed by atoms with Crippen LogP contribution in [0, 0.1) is 5.92 Å². The zero-order valence-electron chi connectivity index (χ0n) is 14.5. The van der Waals surface area contributed by atoms with E-state index in [-0.39, 0.29) is 17.7 Å². The van der Waals surface area contributed by atoms with E-state index in [9.17, 15) is 9.59 Å². The molecule has 128 valence electrons. The average Bonchev–Trinajstić information content (AvgIpc) is 2.80. The monoisotopic (exact) mass is 328 g/mol. The van der Waals surface area contributed by atoms with E-state index in [1.54, 1.807) is 23.0 Å². The molecule has 6 heteroatoms. The lowest BCUT2D eigenvalue weighted by molar-refractivity contribution is -0.139. The number of likely N-dealkylation sites (N-methyl/N-ethyl adjacent to an activating group) is 1. The van der Waals surface area contributed by atoms with Gasteiger partial charge in [-0.1, -0.05) is 6.07 Å². The number of nitrogens with zero attached hydrogens (tertiary/aromatic N) is 4. The number of aromatic nitrogens is 1. The number of carbonyl (C=O) groups is 2. The van der Waals surface area contributed by atoms with Gasteiger partial charge in [0.05, 0.1) is 12.2 Å². The molecule has 0 aromatic carbocycles. The van der Waals surface area contributed by atoms with Crippen molar-refractivity contribution in [1.82, 2.24) is 14.8 Å². The Morgan fingerprint density at radius 3 is 2.62 bits per heavy atom. The summed E-state index contributed by atoms with van der Waals surface area (Å²) in [5.74, 6) is 0.957. The van der Waals surface area contributed by atoms with Crippen LogP contribution in [0.4, 0.5) is 0 Å². The van der Waals surface area contributed by atoms with Crippen LogP contribution in [0.15, 0.2) is 29.4 Å². The molecule has 2 aliphatic rings. The molecule has 24 heavy (non-hydrogen) atoms. The van der Waals surface area contributed by atoms with Gasteiger partial charge in [0, 0.05) is 26.2 Å². The first-order valence-electron chi connectivity index (χ1n) is 8.42. The van der Waals surface area contributed by atoms with Crippen molar-refractivity contribution in [3.05, 3.63) is 30.1 Å². The molecule has 1 fully saturated rings. The highest BCUT2D eigenvalue weighted by atomic mass is 16.2. The lowest BCUT2D eigenvalue weighted by Gasteiger charge is -2.34. The number of pyridine rings is 1. The Morgan fingerprint density at radius 1 is 1.38 bits per heavy atom. The lowest BCUT2D eigenvalue weighted by Crippen LogP contribution is -2.45. The molecular formula is C18H24N4O2. The topological polar surface area (TPSA) is 65.9 Å². The van der Waals surface area contributed by atoms with Gasteiger partial charge in [-0.15, -0.1) is 0 Å². The fourth-order valence-electron chi connectivity index (χ4n) is 3.68. The molecule has 0 radical (unpaired) electrons. The second-order valence-electron chi connectivity index (χ2n) is 6.84. The molecular weight excluding hydrogens is 304 g/mol. The molecule has 1 aliphatic heterocycles. The van der Waals surface area contributed by atoms with E-state index in [4.69, 9.17) is 0 Å². The first-order chi connectivity index (χ1) is 11.4. The molecule has 2 heterocycles. The van der Waals surface area contributed by atoms with Crippen LogP contribution in [0.25, 0.3) is 0 Å². The van der Waals surface area contributed by atoms with E-state index in [0.29, 0.717) is 32.2 Å². The minimum absolute atomic E-state index is 0.0291. The van der Waals surface area contributed by atoms with Crippen LogP contribution in [0.1, 0.15) is 38.3 Å². The molecule has 0 N–H and O–H groups in total. The molecule has 6 nitrogen and oxygen atoms in total. The Morgan fingerprint density at radius 2 is 2.08 bits per heavy atom. The summed E-state index contributed by atoms with van der Waals surface area (Å²) in [4.78, 5) is 37.4. The van der Waals surface area contributed by atoms with Crippen LogP contribution in [0.2, 0.25) is 0 Å². The van der Waals surface area contributed by atoms with E-state index in [1.165, 1.54) is 0 Å². The zero-order valence-corrected chi connectivity index (χ0v) is 14.5. The zero-order chi connectivity index (χ0) is 17.3. The molecule has 0 bridgehead atoms. The van der Waals surface area contributed by atoms with Crippen LogP contribution < -0.4 is 0 Å². The molecule has 2 amide bonds. The maximum atomic E-state index is 12.7. The van der Waals surface area contributed by atoms with Crippen LogP contribution in [0.3, 0.4) is 0 Å². The van der Waals surface area contributed by atoms with Crippen molar-refractivity contribution >= 4 is 17.6 Å². The summed E-state index contributed by atoms with van der Waals surface area (Å²) in [7, 11) is 3.59. The Bertz CT molecular complexity index is 663. The maximum absolute atomic E-state index is 12.7. The van der Waals surface area contributed by atoms with E-state index in [0.717, 1.165) is 11.5 Å². The molecule has 0 atom stereocenters. The molecule has 3 rings (SSSR count). The molecule has 0 unspecified atom stereocenters. The van der Waals surface area contributed by atoms with Crippen molar-refractivity contribution < 1.29 is 9.59 Å². The third-order valence-electron chi connectivity index (χ3n) is 5.23. The van der Waals surface area contributed by atoms with Crippen molar-refractivity contribution in [2.24, 2.45) is 10.9 Å². The smallest absolute Gasteiger partial charge is 0.255 e. The highest BCUT2D eigenvalue weighted by molar-refractivity contribution is 6.07. The summed E-state index contributed by atoms with van der Waals surface area (Å²) in [5.41, 5.74) is 0.267. The second kappa shape index (κ2) is 6.34. The SMILES string of the molecule is CC1=NC2(CCC(C(=O)N(C)Cc3ccccn3)CC2)C(=O)N1C. The number of rotatable bonds is 3. The maximum Gasteiger partial charge on any atom is 0.255 e. The van der Waals surface area contributed by atoms with Gasteiger partial charge in [0.25, 0.3) is 5.91 Å². The summed E-state index contributed by atoms with van der Waals surface area (Å²) in [6, 6.07) is 5.71. The Labute approximate surface area is 142 Å². The van der Waals surface area contributed by atoms with Gasteiger partial charge in [-0.25, -0.2) is 0 Å². The molecule has 1 saturated carbocycles. The summed E-state index contributed by atoms with van der Waals surface area (Å²) < 4.78 is 0. The van der Waals surface area contributed by atoms with E-state index < -0.39 is 5.54 Å². The van der Waals surface area contributed by atoms with E-state index in [1.807, 2.05) is 32.2 Å². The average molecular weight is 328 g/mol. The fraction of sp³-hybridized carbons (Fsp3) is 0.556. The number of amides is 2. The summed E-state index contributed by atoms with van der Waals surface area (Å²) in [5, 5.41) is 0. The first kappa shape index (κ1) is 16.6. The summed E-state index contributed by atoms with van der Waals surface area (Å²) in [6.07, 6.45) is 4.47. The van der Waals surface area contributed by atoms with Gasteiger partial charge in [0.2, 0.25) is 5.91 Å². The summed E-state index contributed by atoms with van der Waals surface area (Å²) in [6.45, 7) is 2.38. The largest absolute Gasteiger partial charge is 0.340 e. The number of amidine groups is 1. The molecule has 1 aromatic rings. The van der Waals surface area contributed by atoms with Crippen LogP contribution in [-0.4, -0.2) is 52.1 Å². The summed E-state index contributed by atoms with van der Waals surface area (Å²) >= 11 is 0. The van der Waals surface area contributed by atoms with Gasteiger partial charge >= 0.3 is 0 Å². The van der Waals surface area contributed by atoms with Crippen molar-refractivity contribution in [2.75, 3.05) is 14.1 Å². The van der Waals surface area contributed by atoms with E-state index >= 15 is 0 Å². The van der Waals surface area contributed by atoms with Crippen LogP contribution in [0.5, 0.6) is 0 Å². The quantitative estimate of drug-likeness (QED) is 0.850. The predicted octanol–water partition coefficient (Wildman–Crippen LogP) is 1.86. The lowest BCUT2D eigenvalue weighted by atomic mass is 9.76. The molecule has 1 aromatic heterocycles. The standard InChI is InChI=1S/C18H24N4O2/c1-13-20-18(17(24)22(13)3)9-7-14(8-10-18)16(23)21(2)12-15-6-4-5-11-19-15/h4-6,11,14H,7-10,12H2,1-3H3. The van der Waals surface area contributed by atoms with Gasteiger partial charge in [-0.3, -0.25) is 19.6 Å². The predicted molar refractivity (Wildman–Crippen MR) is 91.3 cm³/mol. The minimum Gasteiger partial charge on any atom is -0.340 e. The number of hydrogen-bond donors (Lipinski definition) is 0.